The lowest BCUT2D eigenvalue weighted by Gasteiger charge is -2.18. The maximum absolute atomic E-state index is 12.7. The lowest BCUT2D eigenvalue weighted by molar-refractivity contribution is -0.167. The molecule has 0 aromatic heterocycles. The Morgan fingerprint density at radius 1 is 0.373 bits per heavy atom. The molecule has 0 saturated heterocycles. The second-order valence-corrected chi connectivity index (χ2v) is 15.0. The Labute approximate surface area is 361 Å². The molecule has 1 unspecified atom stereocenters. The summed E-state index contributed by atoms with van der Waals surface area (Å²) in [5.41, 5.74) is 0. The minimum atomic E-state index is -0.827. The second-order valence-electron chi connectivity index (χ2n) is 15.0. The van der Waals surface area contributed by atoms with Crippen LogP contribution >= 0.6 is 0 Å². The van der Waals surface area contributed by atoms with Crippen molar-refractivity contribution in [1.82, 2.24) is 0 Å². The van der Waals surface area contributed by atoms with Gasteiger partial charge in [-0.05, 0) is 103 Å². The van der Waals surface area contributed by atoms with E-state index in [2.05, 4.69) is 130 Å². The summed E-state index contributed by atoms with van der Waals surface area (Å²) < 4.78 is 16.6. The van der Waals surface area contributed by atoms with Crippen LogP contribution in [0.3, 0.4) is 0 Å². The molecule has 0 heterocycles. The Morgan fingerprint density at radius 2 is 0.746 bits per heavy atom. The smallest absolute Gasteiger partial charge is 0.306 e. The standard InChI is InChI=1S/C53H84O6/c1-4-7-10-13-16-19-22-24-25-26-27-28-29-32-34-37-40-43-46-52(55)58-49-50(48-57-51(54)45-42-39-36-33-30-21-18-15-12-9-6-3)59-53(56)47-44-41-38-35-31-23-20-17-14-11-8-5-2/h8-9,11-12,17-18,20-22,24-28,31,33,35-36,50H,4-7,10,13-16,19,23,29-30,32,34,37-49H2,1-3H3/b11-8-,12-9-,20-17-,21-18-,24-22-,26-25-,28-27-,35-31-,36-33-. The molecule has 0 aromatic carbocycles. The summed E-state index contributed by atoms with van der Waals surface area (Å²) in [4.78, 5) is 37.7. The van der Waals surface area contributed by atoms with E-state index in [4.69, 9.17) is 14.2 Å². The summed E-state index contributed by atoms with van der Waals surface area (Å²) in [5, 5.41) is 0. The first-order valence-electron chi connectivity index (χ1n) is 23.4. The van der Waals surface area contributed by atoms with E-state index in [9.17, 15) is 14.4 Å². The average Bonchev–Trinajstić information content (AvgIpc) is 3.23. The Hall–Kier alpha value is -3.93. The van der Waals surface area contributed by atoms with E-state index in [0.29, 0.717) is 19.3 Å². The normalized spacial score (nSPS) is 13.1. The van der Waals surface area contributed by atoms with Crippen molar-refractivity contribution in [3.05, 3.63) is 109 Å². The number of carbonyl (C=O) groups excluding carboxylic acids is 3. The fourth-order valence-electron chi connectivity index (χ4n) is 5.83. The number of rotatable bonds is 40. The third-order valence-electron chi connectivity index (χ3n) is 9.30. The summed E-state index contributed by atoms with van der Waals surface area (Å²) in [5.74, 6) is -1.05. The lowest BCUT2D eigenvalue weighted by atomic mass is 10.1. The number of hydrogen-bond donors (Lipinski definition) is 0. The van der Waals surface area contributed by atoms with E-state index in [1.807, 2.05) is 0 Å². The highest BCUT2D eigenvalue weighted by atomic mass is 16.6. The first-order chi connectivity index (χ1) is 29.0. The summed E-state index contributed by atoms with van der Waals surface area (Å²) in [6.45, 7) is 6.25. The van der Waals surface area contributed by atoms with E-state index < -0.39 is 6.10 Å². The molecule has 0 fully saturated rings. The molecule has 1 atom stereocenters. The lowest BCUT2D eigenvalue weighted by Crippen LogP contribution is -2.30. The van der Waals surface area contributed by atoms with E-state index in [-0.39, 0.29) is 44.0 Å². The molecular weight excluding hydrogens is 733 g/mol. The zero-order valence-corrected chi connectivity index (χ0v) is 37.7. The van der Waals surface area contributed by atoms with E-state index in [1.54, 1.807) is 0 Å². The van der Waals surface area contributed by atoms with Gasteiger partial charge in [-0.3, -0.25) is 14.4 Å². The van der Waals surface area contributed by atoms with Gasteiger partial charge in [0.25, 0.3) is 0 Å². The van der Waals surface area contributed by atoms with Gasteiger partial charge in [0.1, 0.15) is 13.2 Å². The molecule has 0 spiro atoms. The van der Waals surface area contributed by atoms with Gasteiger partial charge in [-0.25, -0.2) is 0 Å². The number of ether oxygens (including phenoxy) is 3. The Balaban J connectivity index is 4.51. The molecule has 59 heavy (non-hydrogen) atoms. The van der Waals surface area contributed by atoms with Gasteiger partial charge in [0.15, 0.2) is 6.10 Å². The zero-order valence-electron chi connectivity index (χ0n) is 37.7. The molecule has 0 aliphatic heterocycles. The van der Waals surface area contributed by atoms with Crippen LogP contribution in [-0.4, -0.2) is 37.2 Å². The molecule has 0 aliphatic rings. The molecule has 6 nitrogen and oxygen atoms in total. The van der Waals surface area contributed by atoms with Crippen LogP contribution in [0.4, 0.5) is 0 Å². The monoisotopic (exact) mass is 817 g/mol. The Kier molecular flexibility index (Phi) is 43.6. The second kappa shape index (κ2) is 46.8. The van der Waals surface area contributed by atoms with Gasteiger partial charge in [0.05, 0.1) is 0 Å². The van der Waals surface area contributed by atoms with Gasteiger partial charge in [-0.15, -0.1) is 0 Å². The van der Waals surface area contributed by atoms with Gasteiger partial charge in [-0.1, -0.05) is 175 Å². The SMILES string of the molecule is CC/C=C\C/C=C\C/C=C\CCCCC(=O)OC(COC(=O)CCC/C=C\C/C=C\C/C=C\CC)COC(=O)CCCCCCC\C=C/C=C\C=C/CCCCCCC. The number of unbranched alkanes of at least 4 members (excludes halogenated alkanes) is 13. The average molecular weight is 817 g/mol. The van der Waals surface area contributed by atoms with Crippen molar-refractivity contribution in [3.8, 4) is 0 Å². The summed E-state index contributed by atoms with van der Waals surface area (Å²) in [7, 11) is 0. The summed E-state index contributed by atoms with van der Waals surface area (Å²) in [6.07, 6.45) is 62.3. The molecule has 332 valence electrons. The van der Waals surface area contributed by atoms with Crippen LogP contribution in [0.5, 0.6) is 0 Å². The van der Waals surface area contributed by atoms with Crippen LogP contribution < -0.4 is 0 Å². The molecule has 6 heteroatoms. The fourth-order valence-corrected chi connectivity index (χ4v) is 5.83. The van der Waals surface area contributed by atoms with Crippen molar-refractivity contribution in [2.45, 2.75) is 194 Å². The number of carbonyl (C=O) groups is 3. The van der Waals surface area contributed by atoms with Crippen LogP contribution in [-0.2, 0) is 28.6 Å². The molecule has 0 rings (SSSR count). The van der Waals surface area contributed by atoms with Crippen molar-refractivity contribution < 1.29 is 28.6 Å². The molecule has 0 bridgehead atoms. The number of esters is 3. The van der Waals surface area contributed by atoms with Crippen LogP contribution in [0.15, 0.2) is 109 Å². The highest BCUT2D eigenvalue weighted by Gasteiger charge is 2.19. The molecule has 0 radical (unpaired) electrons. The van der Waals surface area contributed by atoms with Crippen LogP contribution in [0.2, 0.25) is 0 Å². The maximum atomic E-state index is 12.7. The summed E-state index contributed by atoms with van der Waals surface area (Å²) >= 11 is 0. The molecule has 0 saturated carbocycles. The molecular formula is C53H84O6. The van der Waals surface area contributed by atoms with Crippen molar-refractivity contribution in [3.63, 3.8) is 0 Å². The van der Waals surface area contributed by atoms with E-state index >= 15 is 0 Å². The van der Waals surface area contributed by atoms with Gasteiger partial charge >= 0.3 is 17.9 Å². The first kappa shape index (κ1) is 55.1. The topological polar surface area (TPSA) is 78.9 Å². The zero-order chi connectivity index (χ0) is 43.0. The Bertz CT molecular complexity index is 1260. The maximum Gasteiger partial charge on any atom is 0.306 e. The van der Waals surface area contributed by atoms with E-state index in [1.165, 1.54) is 32.1 Å². The minimum absolute atomic E-state index is 0.123. The van der Waals surface area contributed by atoms with Crippen molar-refractivity contribution >= 4 is 17.9 Å². The molecule has 0 aromatic rings. The largest absolute Gasteiger partial charge is 0.462 e. The van der Waals surface area contributed by atoms with E-state index in [0.717, 1.165) is 103 Å². The molecule has 0 aliphatic carbocycles. The predicted molar refractivity (Wildman–Crippen MR) is 251 cm³/mol. The van der Waals surface area contributed by atoms with Gasteiger partial charge in [-0.2, -0.15) is 0 Å². The molecule has 0 amide bonds. The number of hydrogen-bond acceptors (Lipinski definition) is 6. The van der Waals surface area contributed by atoms with Gasteiger partial charge < -0.3 is 14.2 Å². The third-order valence-corrected chi connectivity index (χ3v) is 9.30. The third kappa shape index (κ3) is 45.0. The van der Waals surface area contributed by atoms with Crippen molar-refractivity contribution in [1.29, 1.82) is 0 Å². The summed E-state index contributed by atoms with van der Waals surface area (Å²) in [6, 6.07) is 0. The fraction of sp³-hybridized carbons (Fsp3) is 0.604. The van der Waals surface area contributed by atoms with Crippen LogP contribution in [0, 0.1) is 0 Å². The first-order valence-corrected chi connectivity index (χ1v) is 23.4. The quantitative estimate of drug-likeness (QED) is 0.0201. The van der Waals surface area contributed by atoms with Crippen molar-refractivity contribution in [2.24, 2.45) is 0 Å². The molecule has 0 N–H and O–H groups in total. The highest BCUT2D eigenvalue weighted by molar-refractivity contribution is 5.71. The Morgan fingerprint density at radius 3 is 1.27 bits per heavy atom. The van der Waals surface area contributed by atoms with Gasteiger partial charge in [0, 0.05) is 19.3 Å². The predicted octanol–water partition coefficient (Wildman–Crippen LogP) is 15.2. The van der Waals surface area contributed by atoms with Gasteiger partial charge in [0.2, 0.25) is 0 Å². The van der Waals surface area contributed by atoms with Crippen LogP contribution in [0.25, 0.3) is 0 Å². The number of allylic oxidation sites excluding steroid dienone is 18. The van der Waals surface area contributed by atoms with Crippen molar-refractivity contribution in [2.75, 3.05) is 13.2 Å². The minimum Gasteiger partial charge on any atom is -0.462 e. The van der Waals surface area contributed by atoms with Crippen LogP contribution in [0.1, 0.15) is 188 Å². The highest BCUT2D eigenvalue weighted by Crippen LogP contribution is 2.11.